The molecule has 0 unspecified atom stereocenters. The van der Waals surface area contributed by atoms with Crippen LogP contribution in [-0.4, -0.2) is 48.6 Å². The molecular formula is C13H18N2O4. The fourth-order valence-corrected chi connectivity index (χ4v) is 1.58. The maximum Gasteiger partial charge on any atom is 0.325 e. The number of carbonyl (C=O) groups is 2. The van der Waals surface area contributed by atoms with Crippen molar-refractivity contribution in [3.05, 3.63) is 23.9 Å². The second-order valence-corrected chi connectivity index (χ2v) is 3.68. The van der Waals surface area contributed by atoms with Gasteiger partial charge in [0.25, 0.3) is 5.91 Å². The molecule has 1 rings (SSSR count). The fraction of sp³-hybridized carbons (Fsp3) is 0.462. The van der Waals surface area contributed by atoms with Gasteiger partial charge in [-0.3, -0.25) is 9.59 Å². The van der Waals surface area contributed by atoms with E-state index in [1.54, 1.807) is 26.0 Å². The van der Waals surface area contributed by atoms with E-state index < -0.39 is 5.97 Å². The topological polar surface area (TPSA) is 68.7 Å². The number of hydrogen-bond donors (Lipinski definition) is 0. The van der Waals surface area contributed by atoms with Gasteiger partial charge in [0, 0.05) is 12.7 Å². The van der Waals surface area contributed by atoms with Crippen LogP contribution in [-0.2, 0) is 9.53 Å². The van der Waals surface area contributed by atoms with Crippen LogP contribution >= 0.6 is 0 Å². The first-order chi connectivity index (χ1) is 9.13. The summed E-state index contributed by atoms with van der Waals surface area (Å²) >= 11 is 0. The average Bonchev–Trinajstić information content (AvgIpc) is 2.44. The van der Waals surface area contributed by atoms with Crippen molar-refractivity contribution in [2.45, 2.75) is 13.8 Å². The number of aromatic nitrogens is 1. The zero-order valence-corrected chi connectivity index (χ0v) is 11.4. The third-order valence-electron chi connectivity index (χ3n) is 2.49. The van der Waals surface area contributed by atoms with Gasteiger partial charge >= 0.3 is 5.97 Å². The van der Waals surface area contributed by atoms with Crippen LogP contribution in [0.25, 0.3) is 0 Å². The Kier molecular flexibility index (Phi) is 5.78. The Labute approximate surface area is 112 Å². The lowest BCUT2D eigenvalue weighted by Gasteiger charge is -2.20. The zero-order valence-electron chi connectivity index (χ0n) is 11.4. The molecule has 0 bridgehead atoms. The van der Waals surface area contributed by atoms with Crippen molar-refractivity contribution in [2.75, 3.05) is 26.8 Å². The summed E-state index contributed by atoms with van der Waals surface area (Å²) in [5.74, 6) is -0.490. The highest BCUT2D eigenvalue weighted by molar-refractivity contribution is 5.97. The van der Waals surface area contributed by atoms with E-state index in [4.69, 9.17) is 9.47 Å². The molecule has 0 fully saturated rings. The van der Waals surface area contributed by atoms with Gasteiger partial charge in [0.2, 0.25) is 5.88 Å². The van der Waals surface area contributed by atoms with Gasteiger partial charge < -0.3 is 14.4 Å². The summed E-state index contributed by atoms with van der Waals surface area (Å²) in [5, 5.41) is 0. The molecule has 0 N–H and O–H groups in total. The van der Waals surface area contributed by atoms with Crippen molar-refractivity contribution in [1.29, 1.82) is 0 Å². The summed E-state index contributed by atoms with van der Waals surface area (Å²) in [4.78, 5) is 29.1. The van der Waals surface area contributed by atoms with E-state index in [-0.39, 0.29) is 18.3 Å². The van der Waals surface area contributed by atoms with Crippen molar-refractivity contribution in [2.24, 2.45) is 0 Å². The molecule has 0 saturated carbocycles. The Morgan fingerprint density at radius 1 is 1.37 bits per heavy atom. The normalized spacial score (nSPS) is 9.84. The van der Waals surface area contributed by atoms with Crippen LogP contribution in [0.5, 0.6) is 5.88 Å². The molecule has 1 amide bonds. The van der Waals surface area contributed by atoms with Crippen LogP contribution in [0.1, 0.15) is 24.2 Å². The molecule has 0 atom stereocenters. The Bertz CT molecular complexity index is 448. The molecule has 6 nitrogen and oxygen atoms in total. The van der Waals surface area contributed by atoms with Gasteiger partial charge in [-0.25, -0.2) is 4.98 Å². The smallest absolute Gasteiger partial charge is 0.325 e. The maximum absolute atomic E-state index is 12.3. The number of carbonyl (C=O) groups excluding carboxylic acids is 2. The highest BCUT2D eigenvalue weighted by Gasteiger charge is 2.21. The van der Waals surface area contributed by atoms with Crippen molar-refractivity contribution in [3.8, 4) is 5.88 Å². The third-order valence-corrected chi connectivity index (χ3v) is 2.49. The SMILES string of the molecule is CCOC(=O)CN(CC)C(=O)c1cccnc1OC. The van der Waals surface area contributed by atoms with Gasteiger partial charge in [0.05, 0.1) is 13.7 Å². The highest BCUT2D eigenvalue weighted by atomic mass is 16.5. The molecule has 0 aliphatic rings. The predicted octanol–water partition coefficient (Wildman–Crippen LogP) is 1.12. The number of esters is 1. The summed E-state index contributed by atoms with van der Waals surface area (Å²) in [5.41, 5.74) is 0.330. The Morgan fingerprint density at radius 2 is 2.11 bits per heavy atom. The van der Waals surface area contributed by atoms with Crippen LogP contribution in [0.2, 0.25) is 0 Å². The standard InChI is InChI=1S/C13H18N2O4/c1-4-15(9-11(16)19-5-2)13(17)10-7-6-8-14-12(10)18-3/h6-8H,4-5,9H2,1-3H3. The lowest BCUT2D eigenvalue weighted by Crippen LogP contribution is -2.36. The van der Waals surface area contributed by atoms with Crippen molar-refractivity contribution in [3.63, 3.8) is 0 Å². The van der Waals surface area contributed by atoms with E-state index in [1.807, 2.05) is 0 Å². The average molecular weight is 266 g/mol. The molecule has 6 heteroatoms. The number of amides is 1. The molecule has 0 radical (unpaired) electrons. The summed E-state index contributed by atoms with van der Waals surface area (Å²) in [6, 6.07) is 3.26. The van der Waals surface area contributed by atoms with Crippen molar-refractivity contribution in [1.82, 2.24) is 9.88 Å². The van der Waals surface area contributed by atoms with Crippen molar-refractivity contribution < 1.29 is 19.1 Å². The molecule has 0 aliphatic heterocycles. The summed E-state index contributed by atoms with van der Waals surface area (Å²) < 4.78 is 9.88. The number of likely N-dealkylation sites (N-methyl/N-ethyl adjacent to an activating group) is 1. The van der Waals surface area contributed by atoms with Crippen LogP contribution < -0.4 is 4.74 Å². The van der Waals surface area contributed by atoms with Crippen LogP contribution in [0.3, 0.4) is 0 Å². The minimum Gasteiger partial charge on any atom is -0.480 e. The molecular weight excluding hydrogens is 248 g/mol. The first-order valence-electron chi connectivity index (χ1n) is 6.07. The number of methoxy groups -OCH3 is 1. The van der Waals surface area contributed by atoms with E-state index in [9.17, 15) is 9.59 Å². The molecule has 0 aliphatic carbocycles. The molecule has 1 aromatic rings. The lowest BCUT2D eigenvalue weighted by molar-refractivity contribution is -0.143. The van der Waals surface area contributed by atoms with Crippen LogP contribution in [0.4, 0.5) is 0 Å². The Hall–Kier alpha value is -2.11. The van der Waals surface area contributed by atoms with E-state index in [2.05, 4.69) is 4.98 Å². The van der Waals surface area contributed by atoms with Gasteiger partial charge in [0.15, 0.2) is 0 Å². The monoisotopic (exact) mass is 266 g/mol. The second kappa shape index (κ2) is 7.35. The number of nitrogens with zero attached hydrogens (tertiary/aromatic N) is 2. The molecule has 0 aromatic carbocycles. The first-order valence-corrected chi connectivity index (χ1v) is 6.07. The molecule has 19 heavy (non-hydrogen) atoms. The number of hydrogen-bond acceptors (Lipinski definition) is 5. The predicted molar refractivity (Wildman–Crippen MR) is 69.0 cm³/mol. The fourth-order valence-electron chi connectivity index (χ4n) is 1.58. The Morgan fingerprint density at radius 3 is 2.68 bits per heavy atom. The second-order valence-electron chi connectivity index (χ2n) is 3.68. The minimum absolute atomic E-state index is 0.0821. The van der Waals surface area contributed by atoms with Gasteiger partial charge in [-0.15, -0.1) is 0 Å². The van der Waals surface area contributed by atoms with Gasteiger partial charge in [-0.2, -0.15) is 0 Å². The van der Waals surface area contributed by atoms with Gasteiger partial charge in [0.1, 0.15) is 12.1 Å². The quantitative estimate of drug-likeness (QED) is 0.722. The van der Waals surface area contributed by atoms with Crippen molar-refractivity contribution >= 4 is 11.9 Å². The molecule has 0 saturated heterocycles. The Balaban J connectivity index is 2.86. The lowest BCUT2D eigenvalue weighted by atomic mass is 10.2. The van der Waals surface area contributed by atoms with Crippen LogP contribution in [0, 0.1) is 0 Å². The molecule has 0 spiro atoms. The maximum atomic E-state index is 12.3. The largest absolute Gasteiger partial charge is 0.480 e. The van der Waals surface area contributed by atoms with E-state index >= 15 is 0 Å². The first kappa shape index (κ1) is 14.9. The molecule has 1 aromatic heterocycles. The zero-order chi connectivity index (χ0) is 14.3. The van der Waals surface area contributed by atoms with E-state index in [1.165, 1.54) is 18.2 Å². The van der Waals surface area contributed by atoms with Gasteiger partial charge in [-0.1, -0.05) is 0 Å². The summed E-state index contributed by atoms with van der Waals surface area (Å²) in [7, 11) is 1.45. The summed E-state index contributed by atoms with van der Waals surface area (Å²) in [6.07, 6.45) is 1.54. The van der Waals surface area contributed by atoms with E-state index in [0.717, 1.165) is 0 Å². The highest BCUT2D eigenvalue weighted by Crippen LogP contribution is 2.16. The third kappa shape index (κ3) is 3.94. The number of rotatable bonds is 6. The molecule has 1 heterocycles. The van der Waals surface area contributed by atoms with Crippen LogP contribution in [0.15, 0.2) is 18.3 Å². The van der Waals surface area contributed by atoms with Gasteiger partial charge in [-0.05, 0) is 26.0 Å². The molecule has 104 valence electrons. The summed E-state index contributed by atoms with van der Waals surface area (Å²) in [6.45, 7) is 4.12. The number of ether oxygens (including phenoxy) is 2. The van der Waals surface area contributed by atoms with E-state index in [0.29, 0.717) is 18.7 Å². The minimum atomic E-state index is -0.430. The number of pyridine rings is 1.